The molecule has 0 fully saturated rings. The molecular formula is C13H19NO2. The fraction of sp³-hybridized carbons (Fsp3) is 0.462. The van der Waals surface area contributed by atoms with E-state index in [1.54, 1.807) is 7.11 Å². The molecule has 1 aromatic rings. The first-order valence-corrected chi connectivity index (χ1v) is 5.62. The van der Waals surface area contributed by atoms with Crippen LogP contribution in [0, 0.1) is 5.92 Å². The van der Waals surface area contributed by atoms with E-state index < -0.39 is 0 Å². The summed E-state index contributed by atoms with van der Waals surface area (Å²) in [5.41, 5.74) is 0.785. The minimum absolute atomic E-state index is 0.0520. The van der Waals surface area contributed by atoms with Crippen molar-refractivity contribution in [3.8, 4) is 5.75 Å². The highest BCUT2D eigenvalue weighted by atomic mass is 16.5. The van der Waals surface area contributed by atoms with Crippen LogP contribution in [0.25, 0.3) is 0 Å². The van der Waals surface area contributed by atoms with Crippen molar-refractivity contribution >= 4 is 11.6 Å². The lowest BCUT2D eigenvalue weighted by atomic mass is 10.1. The van der Waals surface area contributed by atoms with E-state index in [1.807, 2.05) is 31.2 Å². The van der Waals surface area contributed by atoms with Crippen LogP contribution in [0.2, 0.25) is 0 Å². The molecule has 0 aliphatic rings. The van der Waals surface area contributed by atoms with E-state index in [4.69, 9.17) is 4.74 Å². The van der Waals surface area contributed by atoms with Gasteiger partial charge in [0.2, 0.25) is 5.91 Å². The van der Waals surface area contributed by atoms with E-state index in [1.165, 1.54) is 0 Å². The summed E-state index contributed by atoms with van der Waals surface area (Å²) < 4.78 is 5.09. The second-order valence-corrected chi connectivity index (χ2v) is 3.91. The second-order valence-electron chi connectivity index (χ2n) is 3.91. The third-order valence-electron chi connectivity index (χ3n) is 2.51. The van der Waals surface area contributed by atoms with Crippen LogP contribution in [0.15, 0.2) is 24.3 Å². The highest BCUT2D eigenvalue weighted by molar-refractivity contribution is 5.92. The van der Waals surface area contributed by atoms with Gasteiger partial charge in [0.05, 0.1) is 7.11 Å². The lowest BCUT2D eigenvalue weighted by molar-refractivity contribution is -0.119. The molecule has 0 heterocycles. The fourth-order valence-corrected chi connectivity index (χ4v) is 1.53. The van der Waals surface area contributed by atoms with Gasteiger partial charge in [-0.1, -0.05) is 26.3 Å². The summed E-state index contributed by atoms with van der Waals surface area (Å²) >= 11 is 0. The smallest absolute Gasteiger partial charge is 0.227 e. The number of ether oxygens (including phenoxy) is 1. The van der Waals surface area contributed by atoms with Crippen molar-refractivity contribution in [3.05, 3.63) is 24.3 Å². The van der Waals surface area contributed by atoms with Crippen LogP contribution >= 0.6 is 0 Å². The maximum Gasteiger partial charge on any atom is 0.227 e. The lowest BCUT2D eigenvalue weighted by Gasteiger charge is -2.11. The van der Waals surface area contributed by atoms with Crippen molar-refractivity contribution in [2.45, 2.75) is 26.7 Å². The highest BCUT2D eigenvalue weighted by Gasteiger charge is 2.11. The Morgan fingerprint density at radius 3 is 2.88 bits per heavy atom. The molecule has 0 aliphatic carbocycles. The third-order valence-corrected chi connectivity index (χ3v) is 2.51. The predicted molar refractivity (Wildman–Crippen MR) is 65.7 cm³/mol. The molecule has 0 saturated heterocycles. The molecule has 1 rings (SSSR count). The lowest BCUT2D eigenvalue weighted by Crippen LogP contribution is -2.20. The Morgan fingerprint density at radius 2 is 2.25 bits per heavy atom. The Hall–Kier alpha value is -1.51. The van der Waals surface area contributed by atoms with Crippen molar-refractivity contribution in [2.24, 2.45) is 5.92 Å². The molecule has 0 saturated carbocycles. The molecule has 16 heavy (non-hydrogen) atoms. The van der Waals surface area contributed by atoms with Gasteiger partial charge in [-0.25, -0.2) is 0 Å². The average Bonchev–Trinajstić information content (AvgIpc) is 2.29. The van der Waals surface area contributed by atoms with Crippen LogP contribution in [0.4, 0.5) is 5.69 Å². The van der Waals surface area contributed by atoms with E-state index >= 15 is 0 Å². The molecule has 0 aliphatic heterocycles. The number of hydrogen-bond donors (Lipinski definition) is 1. The van der Waals surface area contributed by atoms with E-state index in [2.05, 4.69) is 12.2 Å². The molecule has 0 aromatic heterocycles. The van der Waals surface area contributed by atoms with Crippen LogP contribution in [0.3, 0.4) is 0 Å². The van der Waals surface area contributed by atoms with Gasteiger partial charge in [0, 0.05) is 17.7 Å². The topological polar surface area (TPSA) is 38.3 Å². The highest BCUT2D eigenvalue weighted by Crippen LogP contribution is 2.18. The van der Waals surface area contributed by atoms with Gasteiger partial charge in [-0.2, -0.15) is 0 Å². The number of anilines is 1. The zero-order chi connectivity index (χ0) is 12.0. The number of hydrogen-bond acceptors (Lipinski definition) is 2. The van der Waals surface area contributed by atoms with E-state index in [9.17, 15) is 4.79 Å². The summed E-state index contributed by atoms with van der Waals surface area (Å²) in [7, 11) is 1.61. The molecule has 1 N–H and O–H groups in total. The number of amides is 1. The van der Waals surface area contributed by atoms with E-state index in [0.717, 1.165) is 24.3 Å². The van der Waals surface area contributed by atoms with Gasteiger partial charge in [0.15, 0.2) is 0 Å². The summed E-state index contributed by atoms with van der Waals surface area (Å²) in [6, 6.07) is 7.39. The number of carbonyl (C=O) groups excluding carboxylic acids is 1. The fourth-order valence-electron chi connectivity index (χ4n) is 1.53. The standard InChI is InChI=1S/C13H19NO2/c1-4-6-10(2)13(15)14-11-7-5-8-12(9-11)16-3/h5,7-10H,4,6H2,1-3H3,(H,14,15)/t10-/m1/s1. The average molecular weight is 221 g/mol. The molecule has 0 unspecified atom stereocenters. The van der Waals surface area contributed by atoms with Crippen LogP contribution in [-0.4, -0.2) is 13.0 Å². The molecule has 0 spiro atoms. The largest absolute Gasteiger partial charge is 0.497 e. The van der Waals surface area contributed by atoms with Gasteiger partial charge >= 0.3 is 0 Å². The summed E-state index contributed by atoms with van der Waals surface area (Å²) in [4.78, 5) is 11.8. The molecule has 1 atom stereocenters. The molecule has 3 nitrogen and oxygen atoms in total. The molecule has 0 bridgehead atoms. The van der Waals surface area contributed by atoms with Gasteiger partial charge in [-0.3, -0.25) is 4.79 Å². The van der Waals surface area contributed by atoms with Crippen molar-refractivity contribution in [1.29, 1.82) is 0 Å². The molecule has 1 aromatic carbocycles. The maximum atomic E-state index is 11.8. The molecule has 3 heteroatoms. The Kier molecular flexibility index (Phi) is 4.83. The number of carbonyl (C=O) groups is 1. The Bertz CT molecular complexity index is 350. The normalized spacial score (nSPS) is 11.9. The number of benzene rings is 1. The zero-order valence-corrected chi connectivity index (χ0v) is 10.1. The first-order chi connectivity index (χ1) is 7.67. The van der Waals surface area contributed by atoms with Crippen molar-refractivity contribution in [3.63, 3.8) is 0 Å². The molecule has 1 amide bonds. The molecular weight excluding hydrogens is 202 g/mol. The van der Waals surface area contributed by atoms with Crippen LogP contribution in [0.1, 0.15) is 26.7 Å². The third kappa shape index (κ3) is 3.57. The first-order valence-electron chi connectivity index (χ1n) is 5.62. The number of nitrogens with one attached hydrogen (secondary N) is 1. The molecule has 88 valence electrons. The Morgan fingerprint density at radius 1 is 1.50 bits per heavy atom. The van der Waals surface area contributed by atoms with Crippen LogP contribution in [-0.2, 0) is 4.79 Å². The van der Waals surface area contributed by atoms with Gasteiger partial charge < -0.3 is 10.1 Å². The summed E-state index contributed by atoms with van der Waals surface area (Å²) in [5.74, 6) is 0.868. The van der Waals surface area contributed by atoms with Gasteiger partial charge in [0.25, 0.3) is 0 Å². The van der Waals surface area contributed by atoms with E-state index in [0.29, 0.717) is 0 Å². The quantitative estimate of drug-likeness (QED) is 0.829. The predicted octanol–water partition coefficient (Wildman–Crippen LogP) is 3.07. The summed E-state index contributed by atoms with van der Waals surface area (Å²) in [6.45, 7) is 4.02. The van der Waals surface area contributed by atoms with Gasteiger partial charge in [0.1, 0.15) is 5.75 Å². The van der Waals surface area contributed by atoms with Crippen molar-refractivity contribution < 1.29 is 9.53 Å². The van der Waals surface area contributed by atoms with Crippen LogP contribution < -0.4 is 10.1 Å². The maximum absolute atomic E-state index is 11.8. The first kappa shape index (κ1) is 12.6. The minimum atomic E-state index is 0.0520. The van der Waals surface area contributed by atoms with Crippen LogP contribution in [0.5, 0.6) is 5.75 Å². The second kappa shape index (κ2) is 6.16. The minimum Gasteiger partial charge on any atom is -0.497 e. The van der Waals surface area contributed by atoms with Gasteiger partial charge in [-0.15, -0.1) is 0 Å². The summed E-state index contributed by atoms with van der Waals surface area (Å²) in [5, 5.41) is 2.88. The van der Waals surface area contributed by atoms with Crippen molar-refractivity contribution in [2.75, 3.05) is 12.4 Å². The number of rotatable bonds is 5. The van der Waals surface area contributed by atoms with Crippen molar-refractivity contribution in [1.82, 2.24) is 0 Å². The molecule has 0 radical (unpaired) electrons. The number of methoxy groups -OCH3 is 1. The Balaban J connectivity index is 2.61. The zero-order valence-electron chi connectivity index (χ0n) is 10.1. The van der Waals surface area contributed by atoms with E-state index in [-0.39, 0.29) is 11.8 Å². The Labute approximate surface area is 96.8 Å². The monoisotopic (exact) mass is 221 g/mol. The summed E-state index contributed by atoms with van der Waals surface area (Å²) in [6.07, 6.45) is 1.93. The SMILES string of the molecule is CCC[C@@H](C)C(=O)Nc1cccc(OC)c1. The van der Waals surface area contributed by atoms with Gasteiger partial charge in [-0.05, 0) is 18.6 Å².